The number of fused-ring (bicyclic) bond motifs is 1. The highest BCUT2D eigenvalue weighted by molar-refractivity contribution is 5.76. The van der Waals surface area contributed by atoms with E-state index in [2.05, 4.69) is 30.1 Å². The van der Waals surface area contributed by atoms with Gasteiger partial charge in [-0.1, -0.05) is 19.1 Å². The van der Waals surface area contributed by atoms with E-state index in [0.29, 0.717) is 38.6 Å². The molecule has 1 unspecified atom stereocenters. The number of carbonyl (C=O) groups is 2. The maximum atomic E-state index is 12.7. The van der Waals surface area contributed by atoms with Crippen LogP contribution in [-0.2, 0) is 17.8 Å². The van der Waals surface area contributed by atoms with Crippen molar-refractivity contribution in [2.45, 2.75) is 65.6 Å². The van der Waals surface area contributed by atoms with Crippen LogP contribution in [0.25, 0.3) is 0 Å². The maximum Gasteiger partial charge on any atom is 0.318 e. The second-order valence-electron chi connectivity index (χ2n) is 8.99. The molecule has 1 aromatic rings. The van der Waals surface area contributed by atoms with E-state index in [9.17, 15) is 9.59 Å². The summed E-state index contributed by atoms with van der Waals surface area (Å²) < 4.78 is 5.85. The molecule has 7 heteroatoms. The van der Waals surface area contributed by atoms with E-state index < -0.39 is 0 Å². The average molecular weight is 431 g/mol. The molecule has 2 aliphatic rings. The van der Waals surface area contributed by atoms with Gasteiger partial charge in [0.25, 0.3) is 0 Å². The van der Waals surface area contributed by atoms with E-state index in [1.54, 1.807) is 4.90 Å². The summed E-state index contributed by atoms with van der Waals surface area (Å²) in [6.07, 6.45) is 2.36. The summed E-state index contributed by atoms with van der Waals surface area (Å²) in [5.41, 5.74) is 2.11. The zero-order chi connectivity index (χ0) is 22.4. The Morgan fingerprint density at radius 1 is 1.06 bits per heavy atom. The molecule has 2 heterocycles. The predicted octanol–water partition coefficient (Wildman–Crippen LogP) is 2.87. The zero-order valence-electron chi connectivity index (χ0n) is 19.5. The highest BCUT2D eigenvalue weighted by atomic mass is 16.5. The van der Waals surface area contributed by atoms with Crippen molar-refractivity contribution in [3.63, 3.8) is 0 Å². The lowest BCUT2D eigenvalue weighted by Crippen LogP contribution is -2.51. The van der Waals surface area contributed by atoms with E-state index in [-0.39, 0.29) is 18.0 Å². The molecule has 172 valence electrons. The molecule has 0 aliphatic carbocycles. The molecule has 3 rings (SSSR count). The van der Waals surface area contributed by atoms with Crippen molar-refractivity contribution >= 4 is 11.9 Å². The predicted molar refractivity (Wildman–Crippen MR) is 122 cm³/mol. The van der Waals surface area contributed by atoms with Crippen LogP contribution < -0.4 is 10.1 Å². The quantitative estimate of drug-likeness (QED) is 0.754. The van der Waals surface area contributed by atoms with Crippen LogP contribution >= 0.6 is 0 Å². The number of rotatable bonds is 6. The molecule has 1 aromatic carbocycles. The van der Waals surface area contributed by atoms with Gasteiger partial charge in [-0.3, -0.25) is 9.69 Å². The fraction of sp³-hybridized carbons (Fsp3) is 0.667. The van der Waals surface area contributed by atoms with Crippen LogP contribution in [0.2, 0.25) is 0 Å². The van der Waals surface area contributed by atoms with Crippen molar-refractivity contribution in [3.8, 4) is 5.75 Å². The lowest BCUT2D eigenvalue weighted by Gasteiger charge is -2.37. The summed E-state index contributed by atoms with van der Waals surface area (Å²) in [6, 6.07) is 6.72. The molecule has 0 bridgehead atoms. The maximum absolute atomic E-state index is 12.7. The Kier molecular flexibility index (Phi) is 8.18. The van der Waals surface area contributed by atoms with Crippen LogP contribution in [0.5, 0.6) is 5.75 Å². The van der Waals surface area contributed by atoms with Crippen molar-refractivity contribution in [2.75, 3.05) is 39.3 Å². The topological polar surface area (TPSA) is 65.1 Å². The van der Waals surface area contributed by atoms with E-state index in [0.717, 1.165) is 49.5 Å². The molecule has 0 aromatic heterocycles. The van der Waals surface area contributed by atoms with Gasteiger partial charge in [0.2, 0.25) is 5.91 Å². The standard InChI is InChI=1S/C24H38N4O3/c1-5-19(4)26-10-12-27(13-11-26)23(29)9-7-20-6-8-22-21(16-20)17-28(14-15-31-22)24(30)25-18(2)3/h6,8,16,18-19H,5,7,9-15,17H2,1-4H3,(H,25,30). The molecule has 7 nitrogen and oxygen atoms in total. The normalized spacial score (nSPS) is 18.2. The first-order valence-corrected chi connectivity index (χ1v) is 11.7. The number of ether oxygens (including phenoxy) is 1. The van der Waals surface area contributed by atoms with Crippen LogP contribution in [0.4, 0.5) is 4.79 Å². The molecule has 0 saturated carbocycles. The number of carbonyl (C=O) groups excluding carboxylic acids is 2. The number of hydrogen-bond acceptors (Lipinski definition) is 4. The molecular weight excluding hydrogens is 392 g/mol. The fourth-order valence-electron chi connectivity index (χ4n) is 4.19. The smallest absolute Gasteiger partial charge is 0.318 e. The zero-order valence-corrected chi connectivity index (χ0v) is 19.5. The highest BCUT2D eigenvalue weighted by Crippen LogP contribution is 2.25. The Morgan fingerprint density at radius 2 is 1.81 bits per heavy atom. The summed E-state index contributed by atoms with van der Waals surface area (Å²) in [5, 5.41) is 2.95. The van der Waals surface area contributed by atoms with Crippen molar-refractivity contribution in [3.05, 3.63) is 29.3 Å². The number of piperazine rings is 1. The summed E-state index contributed by atoms with van der Waals surface area (Å²) in [7, 11) is 0. The first-order valence-electron chi connectivity index (χ1n) is 11.7. The third-order valence-corrected chi connectivity index (χ3v) is 6.31. The summed E-state index contributed by atoms with van der Waals surface area (Å²) >= 11 is 0. The van der Waals surface area contributed by atoms with E-state index in [1.807, 2.05) is 30.9 Å². The SMILES string of the molecule is CCC(C)N1CCN(C(=O)CCc2ccc3c(c2)CN(C(=O)NC(C)C)CCO3)CC1. The first-order chi connectivity index (χ1) is 14.9. The number of hydrogen-bond donors (Lipinski definition) is 1. The van der Waals surface area contributed by atoms with Crippen LogP contribution in [0.15, 0.2) is 18.2 Å². The Balaban J connectivity index is 1.55. The van der Waals surface area contributed by atoms with Crippen LogP contribution in [0, 0.1) is 0 Å². The summed E-state index contributed by atoms with van der Waals surface area (Å²) in [5.74, 6) is 1.06. The molecule has 0 spiro atoms. The van der Waals surface area contributed by atoms with Gasteiger partial charge in [0.15, 0.2) is 0 Å². The summed E-state index contributed by atoms with van der Waals surface area (Å²) in [6.45, 7) is 13.5. The number of benzene rings is 1. The van der Waals surface area contributed by atoms with Gasteiger partial charge < -0.3 is 19.9 Å². The number of nitrogens with one attached hydrogen (secondary N) is 1. The number of aryl methyl sites for hydroxylation is 1. The minimum Gasteiger partial charge on any atom is -0.491 e. The van der Waals surface area contributed by atoms with Crippen molar-refractivity contribution in [1.82, 2.24) is 20.0 Å². The average Bonchev–Trinajstić information content (AvgIpc) is 2.98. The van der Waals surface area contributed by atoms with Crippen molar-refractivity contribution in [2.24, 2.45) is 0 Å². The number of nitrogens with zero attached hydrogens (tertiary/aromatic N) is 3. The van der Waals surface area contributed by atoms with E-state index in [4.69, 9.17) is 4.74 Å². The highest BCUT2D eigenvalue weighted by Gasteiger charge is 2.24. The summed E-state index contributed by atoms with van der Waals surface area (Å²) in [4.78, 5) is 31.4. The van der Waals surface area contributed by atoms with Gasteiger partial charge in [-0.05, 0) is 45.2 Å². The van der Waals surface area contributed by atoms with Crippen molar-refractivity contribution in [1.29, 1.82) is 0 Å². The molecule has 1 atom stereocenters. The lowest BCUT2D eigenvalue weighted by atomic mass is 10.0. The van der Waals surface area contributed by atoms with Crippen molar-refractivity contribution < 1.29 is 14.3 Å². The Bertz CT molecular complexity index is 759. The van der Waals surface area contributed by atoms with Crippen LogP contribution in [0.1, 0.15) is 51.7 Å². The second-order valence-corrected chi connectivity index (χ2v) is 8.99. The molecular formula is C24H38N4O3. The van der Waals surface area contributed by atoms with Gasteiger partial charge in [0.1, 0.15) is 12.4 Å². The van der Waals surface area contributed by atoms with E-state index >= 15 is 0 Å². The molecule has 1 saturated heterocycles. The van der Waals surface area contributed by atoms with Gasteiger partial charge in [-0.15, -0.1) is 0 Å². The molecule has 1 N–H and O–H groups in total. The molecule has 31 heavy (non-hydrogen) atoms. The second kappa shape index (κ2) is 10.8. The third-order valence-electron chi connectivity index (χ3n) is 6.31. The Hall–Kier alpha value is -2.28. The number of amides is 3. The largest absolute Gasteiger partial charge is 0.491 e. The fourth-order valence-corrected chi connectivity index (χ4v) is 4.19. The lowest BCUT2D eigenvalue weighted by molar-refractivity contribution is -0.133. The van der Waals surface area contributed by atoms with Gasteiger partial charge in [-0.2, -0.15) is 0 Å². The third kappa shape index (κ3) is 6.35. The number of urea groups is 1. The van der Waals surface area contributed by atoms with Gasteiger partial charge in [0.05, 0.1) is 13.1 Å². The first kappa shape index (κ1) is 23.4. The molecule has 3 amide bonds. The van der Waals surface area contributed by atoms with Gasteiger partial charge >= 0.3 is 6.03 Å². The molecule has 2 aliphatic heterocycles. The molecule has 0 radical (unpaired) electrons. The van der Waals surface area contributed by atoms with Gasteiger partial charge in [0, 0.05) is 50.2 Å². The Labute approximate surface area is 186 Å². The van der Waals surface area contributed by atoms with Crippen LogP contribution in [-0.4, -0.2) is 78.1 Å². The van der Waals surface area contributed by atoms with Gasteiger partial charge in [-0.25, -0.2) is 4.79 Å². The minimum absolute atomic E-state index is 0.0661. The van der Waals surface area contributed by atoms with Crippen LogP contribution in [0.3, 0.4) is 0 Å². The molecule has 1 fully saturated rings. The van der Waals surface area contributed by atoms with E-state index in [1.165, 1.54) is 0 Å². The monoisotopic (exact) mass is 430 g/mol. The minimum atomic E-state index is -0.0661. The Morgan fingerprint density at radius 3 is 2.48 bits per heavy atom.